The third kappa shape index (κ3) is 2.18. The second-order valence-electron chi connectivity index (χ2n) is 6.02. The van der Waals surface area contributed by atoms with Crippen LogP contribution in [-0.4, -0.2) is 13.8 Å². The van der Waals surface area contributed by atoms with Gasteiger partial charge in [-0.2, -0.15) is 5.10 Å². The highest BCUT2D eigenvalue weighted by molar-refractivity contribution is 7.98. The summed E-state index contributed by atoms with van der Waals surface area (Å²) in [5.74, 6) is 0.721. The molecule has 2 aromatic heterocycles. The first kappa shape index (κ1) is 13.0. The molecule has 3 nitrogen and oxygen atoms in total. The van der Waals surface area contributed by atoms with Gasteiger partial charge in [-0.1, -0.05) is 17.7 Å². The van der Waals surface area contributed by atoms with Crippen LogP contribution < -0.4 is 0 Å². The summed E-state index contributed by atoms with van der Waals surface area (Å²) in [5.41, 5.74) is 5.15. The van der Waals surface area contributed by atoms with Crippen LogP contribution in [0.2, 0.25) is 0 Å². The Kier molecular flexibility index (Phi) is 2.89. The summed E-state index contributed by atoms with van der Waals surface area (Å²) in [6, 6.07) is 8.66. The molecule has 0 saturated heterocycles. The zero-order valence-electron chi connectivity index (χ0n) is 12.6. The van der Waals surface area contributed by atoms with Gasteiger partial charge in [-0.3, -0.25) is 8.65 Å². The Bertz CT molecular complexity index is 807. The van der Waals surface area contributed by atoms with Crippen molar-refractivity contribution in [1.29, 1.82) is 0 Å². The van der Waals surface area contributed by atoms with Gasteiger partial charge in [-0.05, 0) is 56.3 Å². The van der Waals surface area contributed by atoms with Crippen molar-refractivity contribution in [2.24, 2.45) is 7.05 Å². The number of hydrogen-bond acceptors (Lipinski definition) is 2. The van der Waals surface area contributed by atoms with E-state index in [9.17, 15) is 0 Å². The van der Waals surface area contributed by atoms with E-state index in [1.807, 2.05) is 0 Å². The molecule has 4 rings (SSSR count). The molecule has 0 unspecified atom stereocenters. The Morgan fingerprint density at radius 2 is 1.86 bits per heavy atom. The van der Waals surface area contributed by atoms with E-state index in [-0.39, 0.29) is 0 Å². The first-order valence-electron chi connectivity index (χ1n) is 7.43. The van der Waals surface area contributed by atoms with Crippen molar-refractivity contribution in [3.8, 4) is 0 Å². The molecule has 0 spiro atoms. The molecule has 1 aliphatic rings. The maximum absolute atomic E-state index is 4.77. The smallest absolute Gasteiger partial charge is 0.172 e. The number of benzene rings is 1. The number of rotatable bonds is 3. The Hall–Kier alpha value is -1.68. The molecule has 1 aliphatic carbocycles. The Morgan fingerprint density at radius 1 is 1.14 bits per heavy atom. The van der Waals surface area contributed by atoms with E-state index in [2.05, 4.69) is 60.0 Å². The highest BCUT2D eigenvalue weighted by Gasteiger charge is 2.31. The van der Waals surface area contributed by atoms with Gasteiger partial charge in [0, 0.05) is 29.4 Å². The lowest BCUT2D eigenvalue weighted by Gasteiger charge is -2.03. The number of hydrogen-bond donors (Lipinski definition) is 0. The second kappa shape index (κ2) is 4.67. The number of fused-ring (bicyclic) bond motifs is 1. The quantitative estimate of drug-likeness (QED) is 0.714. The molecule has 1 saturated carbocycles. The fraction of sp³-hybridized carbons (Fsp3) is 0.353. The van der Waals surface area contributed by atoms with Crippen LogP contribution in [0.3, 0.4) is 0 Å². The molecule has 2 heterocycles. The average molecular weight is 297 g/mol. The monoisotopic (exact) mass is 297 g/mol. The maximum atomic E-state index is 4.77. The highest BCUT2D eigenvalue weighted by atomic mass is 32.2. The van der Waals surface area contributed by atoms with Gasteiger partial charge in [0.25, 0.3) is 0 Å². The van der Waals surface area contributed by atoms with Gasteiger partial charge in [-0.25, -0.2) is 0 Å². The van der Waals surface area contributed by atoms with E-state index in [1.54, 1.807) is 11.9 Å². The average Bonchev–Trinajstić information content (AvgIpc) is 3.17. The van der Waals surface area contributed by atoms with Crippen LogP contribution in [0.25, 0.3) is 11.0 Å². The van der Waals surface area contributed by atoms with Crippen LogP contribution in [0.1, 0.15) is 35.6 Å². The maximum Gasteiger partial charge on any atom is 0.172 e. The number of nitrogens with zero attached hydrogens (tertiary/aromatic N) is 3. The summed E-state index contributed by atoms with van der Waals surface area (Å²) in [4.78, 5) is 1.25. The molecule has 0 bridgehead atoms. The van der Waals surface area contributed by atoms with Crippen molar-refractivity contribution >= 4 is 23.0 Å². The molecule has 3 aromatic rings. The molecule has 0 N–H and O–H groups in total. The van der Waals surface area contributed by atoms with Crippen molar-refractivity contribution in [2.45, 2.75) is 37.5 Å². The standard InChI is InChI=1S/C17H19N3S/c1-11-4-8-14(9-5-11)21-20-10-12(2)15-16(13-6-7-13)19(3)18-17(15)20/h4-5,8-10,13H,6-7H2,1-3H3. The van der Waals surface area contributed by atoms with Crippen LogP contribution in [0, 0.1) is 13.8 Å². The van der Waals surface area contributed by atoms with E-state index in [4.69, 9.17) is 5.10 Å². The minimum Gasteiger partial charge on any atom is -0.270 e. The van der Waals surface area contributed by atoms with Gasteiger partial charge < -0.3 is 0 Å². The summed E-state index contributed by atoms with van der Waals surface area (Å²) in [5, 5.41) is 6.13. The van der Waals surface area contributed by atoms with Crippen molar-refractivity contribution < 1.29 is 0 Å². The molecule has 4 heteroatoms. The zero-order chi connectivity index (χ0) is 14.6. The minimum atomic E-state index is 0.721. The van der Waals surface area contributed by atoms with Gasteiger partial charge in [0.05, 0.1) is 5.69 Å². The van der Waals surface area contributed by atoms with Crippen LogP contribution in [0.15, 0.2) is 35.4 Å². The highest BCUT2D eigenvalue weighted by Crippen LogP contribution is 2.44. The summed E-state index contributed by atoms with van der Waals surface area (Å²) in [6.45, 7) is 4.31. The van der Waals surface area contributed by atoms with Crippen LogP contribution in [0.5, 0.6) is 0 Å². The molecular weight excluding hydrogens is 278 g/mol. The van der Waals surface area contributed by atoms with Gasteiger partial charge >= 0.3 is 0 Å². The van der Waals surface area contributed by atoms with Crippen LogP contribution in [-0.2, 0) is 7.05 Å². The zero-order valence-corrected chi connectivity index (χ0v) is 13.4. The molecule has 1 aromatic carbocycles. The first-order valence-corrected chi connectivity index (χ1v) is 8.20. The van der Waals surface area contributed by atoms with E-state index < -0.39 is 0 Å². The lowest BCUT2D eigenvalue weighted by atomic mass is 10.1. The predicted molar refractivity (Wildman–Crippen MR) is 87.9 cm³/mol. The fourth-order valence-corrected chi connectivity index (χ4v) is 3.87. The molecule has 1 fully saturated rings. The summed E-state index contributed by atoms with van der Waals surface area (Å²) in [7, 11) is 2.08. The second-order valence-corrected chi connectivity index (χ2v) is 7.07. The molecule has 0 amide bonds. The minimum absolute atomic E-state index is 0.721. The topological polar surface area (TPSA) is 22.8 Å². The Morgan fingerprint density at radius 3 is 2.52 bits per heavy atom. The number of aryl methyl sites for hydroxylation is 3. The summed E-state index contributed by atoms with van der Waals surface area (Å²) >= 11 is 1.74. The van der Waals surface area contributed by atoms with Crippen molar-refractivity contribution in [2.75, 3.05) is 0 Å². The molecule has 0 aliphatic heterocycles. The summed E-state index contributed by atoms with van der Waals surface area (Å²) < 4.78 is 4.29. The largest absolute Gasteiger partial charge is 0.270 e. The Labute approximate surface area is 129 Å². The van der Waals surface area contributed by atoms with Gasteiger partial charge in [0.1, 0.15) is 0 Å². The van der Waals surface area contributed by atoms with Crippen molar-refractivity contribution in [3.05, 3.63) is 47.3 Å². The lowest BCUT2D eigenvalue weighted by molar-refractivity contribution is 0.719. The summed E-state index contributed by atoms with van der Waals surface area (Å²) in [6.07, 6.45) is 4.84. The molecule has 0 radical (unpaired) electrons. The third-order valence-corrected chi connectivity index (χ3v) is 5.13. The third-order valence-electron chi connectivity index (χ3n) is 4.18. The van der Waals surface area contributed by atoms with Crippen LogP contribution in [0.4, 0.5) is 0 Å². The normalized spacial score (nSPS) is 15.0. The van der Waals surface area contributed by atoms with Crippen LogP contribution >= 0.6 is 11.9 Å². The Balaban J connectivity index is 1.79. The van der Waals surface area contributed by atoms with E-state index in [1.165, 1.54) is 39.9 Å². The lowest BCUT2D eigenvalue weighted by Crippen LogP contribution is -1.97. The number of aromatic nitrogens is 3. The van der Waals surface area contributed by atoms with Gasteiger partial charge in [-0.15, -0.1) is 0 Å². The van der Waals surface area contributed by atoms with Crippen molar-refractivity contribution in [3.63, 3.8) is 0 Å². The van der Waals surface area contributed by atoms with E-state index in [0.717, 1.165) is 11.6 Å². The van der Waals surface area contributed by atoms with E-state index >= 15 is 0 Å². The van der Waals surface area contributed by atoms with Gasteiger partial charge in [0.2, 0.25) is 0 Å². The predicted octanol–water partition coefficient (Wildman–Crippen LogP) is 4.42. The molecule has 0 atom stereocenters. The SMILES string of the molecule is Cc1ccc(Sn2cc(C)c3c(C4CC4)n(C)nc32)cc1. The molecular formula is C17H19N3S. The van der Waals surface area contributed by atoms with E-state index in [0.29, 0.717) is 0 Å². The molecule has 108 valence electrons. The fourth-order valence-electron chi connectivity index (χ4n) is 2.96. The molecule has 21 heavy (non-hydrogen) atoms. The first-order chi connectivity index (χ1) is 10.1. The van der Waals surface area contributed by atoms with Gasteiger partial charge in [0.15, 0.2) is 5.65 Å². The van der Waals surface area contributed by atoms with Crippen molar-refractivity contribution in [1.82, 2.24) is 13.8 Å².